The quantitative estimate of drug-likeness (QED) is 0.690. The summed E-state index contributed by atoms with van der Waals surface area (Å²) < 4.78 is 16.3. The van der Waals surface area contributed by atoms with Gasteiger partial charge in [0.15, 0.2) is 0 Å². The monoisotopic (exact) mass is 297 g/mol. The fraction of sp³-hybridized carbons (Fsp3) is 0.867. The Labute approximate surface area is 124 Å². The van der Waals surface area contributed by atoms with E-state index in [4.69, 9.17) is 14.2 Å². The summed E-state index contributed by atoms with van der Waals surface area (Å²) in [6.45, 7) is 10.1. The number of carbonyl (C=O) groups is 2. The summed E-state index contributed by atoms with van der Waals surface area (Å²) >= 11 is 0. The average molecular weight is 297 g/mol. The summed E-state index contributed by atoms with van der Waals surface area (Å²) in [5, 5.41) is 0. The highest BCUT2D eigenvalue weighted by atomic mass is 16.6. The minimum Gasteiger partial charge on any atom is -0.465 e. The summed E-state index contributed by atoms with van der Waals surface area (Å²) in [6, 6.07) is -0.113. The maximum Gasteiger partial charge on any atom is 0.412 e. The van der Waals surface area contributed by atoms with Crippen molar-refractivity contribution in [3.8, 4) is 0 Å². The van der Waals surface area contributed by atoms with Crippen molar-refractivity contribution in [2.45, 2.75) is 52.0 Å². The molecule has 0 N–H and O–H groups in total. The Kier molecular flexibility index (Phi) is 3.03. The summed E-state index contributed by atoms with van der Waals surface area (Å²) in [5.41, 5.74) is -1.27. The fourth-order valence-electron chi connectivity index (χ4n) is 3.53. The maximum absolute atomic E-state index is 12.5. The largest absolute Gasteiger partial charge is 0.465 e. The van der Waals surface area contributed by atoms with Crippen molar-refractivity contribution in [2.75, 3.05) is 13.2 Å². The lowest BCUT2D eigenvalue weighted by atomic mass is 10.1. The molecule has 6 nitrogen and oxygen atoms in total. The Bertz CT molecular complexity index is 481. The van der Waals surface area contributed by atoms with Crippen LogP contribution in [0.4, 0.5) is 4.79 Å². The molecule has 1 amide bonds. The molecule has 0 spiro atoms. The van der Waals surface area contributed by atoms with Gasteiger partial charge in [0.05, 0.1) is 25.2 Å². The van der Waals surface area contributed by atoms with Crippen LogP contribution in [-0.2, 0) is 19.0 Å². The molecule has 2 aliphatic heterocycles. The van der Waals surface area contributed by atoms with Gasteiger partial charge >= 0.3 is 12.1 Å². The van der Waals surface area contributed by atoms with Crippen LogP contribution in [0.15, 0.2) is 0 Å². The topological polar surface area (TPSA) is 65.1 Å². The number of rotatable bonds is 1. The van der Waals surface area contributed by atoms with E-state index in [0.717, 1.165) is 0 Å². The van der Waals surface area contributed by atoms with E-state index < -0.39 is 11.3 Å². The van der Waals surface area contributed by atoms with E-state index in [1.54, 1.807) is 4.90 Å². The van der Waals surface area contributed by atoms with E-state index in [0.29, 0.717) is 13.2 Å². The number of carbonyl (C=O) groups excluding carboxylic acids is 2. The standard InChI is InChI=1S/C15H23NO5/c1-14(2,3)21-13(18)16-9(7-20-15(16,4)5)10-8-6-19-12(17)11(8)10/h8-11H,6-7H2,1-5H3/t8-,9?,10-,11-/m1/s1. The van der Waals surface area contributed by atoms with Gasteiger partial charge in [-0.2, -0.15) is 0 Å². The molecule has 118 valence electrons. The van der Waals surface area contributed by atoms with Crippen molar-refractivity contribution in [1.82, 2.24) is 4.90 Å². The van der Waals surface area contributed by atoms with Crippen molar-refractivity contribution in [1.29, 1.82) is 0 Å². The van der Waals surface area contributed by atoms with Gasteiger partial charge in [0.1, 0.15) is 11.3 Å². The molecular weight excluding hydrogens is 274 g/mol. The van der Waals surface area contributed by atoms with E-state index >= 15 is 0 Å². The van der Waals surface area contributed by atoms with Gasteiger partial charge in [-0.15, -0.1) is 0 Å². The molecule has 4 atom stereocenters. The van der Waals surface area contributed by atoms with E-state index in [1.807, 2.05) is 34.6 Å². The second-order valence-electron chi connectivity index (χ2n) is 7.57. The fourth-order valence-corrected chi connectivity index (χ4v) is 3.53. The molecule has 6 heteroatoms. The van der Waals surface area contributed by atoms with Crippen LogP contribution in [0.5, 0.6) is 0 Å². The summed E-state index contributed by atoms with van der Waals surface area (Å²) in [7, 11) is 0. The molecule has 0 aromatic heterocycles. The molecule has 3 fully saturated rings. The van der Waals surface area contributed by atoms with Crippen molar-refractivity contribution in [3.63, 3.8) is 0 Å². The van der Waals surface area contributed by atoms with Crippen LogP contribution >= 0.6 is 0 Å². The summed E-state index contributed by atoms with van der Waals surface area (Å²) in [5.74, 6) is 0.154. The SMILES string of the molecule is CC(C)(C)OC(=O)N1C([C@H]2[C@H]3COC(=O)[C@H]32)COC1(C)C. The van der Waals surface area contributed by atoms with E-state index in [9.17, 15) is 9.59 Å². The predicted octanol–water partition coefficient (Wildman–Crippen LogP) is 1.78. The first kappa shape index (κ1) is 14.6. The molecule has 1 aliphatic carbocycles. The molecule has 0 radical (unpaired) electrons. The van der Waals surface area contributed by atoms with Gasteiger partial charge in [0.2, 0.25) is 0 Å². The Hall–Kier alpha value is -1.30. The molecule has 0 aromatic carbocycles. The summed E-state index contributed by atoms with van der Waals surface area (Å²) in [4.78, 5) is 25.8. The first-order valence-electron chi connectivity index (χ1n) is 7.45. The van der Waals surface area contributed by atoms with Crippen molar-refractivity contribution >= 4 is 12.1 Å². The summed E-state index contributed by atoms with van der Waals surface area (Å²) in [6.07, 6.45) is -0.381. The Morgan fingerprint density at radius 2 is 2.00 bits per heavy atom. The maximum atomic E-state index is 12.5. The number of fused-ring (bicyclic) bond motifs is 1. The number of amides is 1. The van der Waals surface area contributed by atoms with E-state index in [-0.39, 0.29) is 35.9 Å². The smallest absolute Gasteiger partial charge is 0.412 e. The molecule has 1 saturated carbocycles. The van der Waals surface area contributed by atoms with Gasteiger partial charge in [-0.25, -0.2) is 4.79 Å². The number of cyclic esters (lactones) is 1. The third kappa shape index (κ3) is 2.39. The van der Waals surface area contributed by atoms with Gasteiger partial charge in [-0.1, -0.05) is 0 Å². The first-order valence-corrected chi connectivity index (χ1v) is 7.45. The first-order chi connectivity index (χ1) is 9.62. The van der Waals surface area contributed by atoms with Crippen LogP contribution in [-0.4, -0.2) is 47.5 Å². The third-order valence-corrected chi connectivity index (χ3v) is 4.47. The number of nitrogens with zero attached hydrogens (tertiary/aromatic N) is 1. The molecule has 1 unspecified atom stereocenters. The number of hydrogen-bond acceptors (Lipinski definition) is 5. The normalized spacial score (nSPS) is 37.2. The Morgan fingerprint density at radius 3 is 2.52 bits per heavy atom. The second-order valence-corrected chi connectivity index (χ2v) is 7.57. The Morgan fingerprint density at radius 1 is 1.33 bits per heavy atom. The zero-order chi connectivity index (χ0) is 15.6. The van der Waals surface area contributed by atoms with Gasteiger partial charge < -0.3 is 14.2 Å². The highest BCUT2D eigenvalue weighted by molar-refractivity contribution is 5.79. The number of esters is 1. The van der Waals surface area contributed by atoms with Crippen LogP contribution in [0.1, 0.15) is 34.6 Å². The number of ether oxygens (including phenoxy) is 3. The lowest BCUT2D eigenvalue weighted by molar-refractivity contribution is -0.142. The van der Waals surface area contributed by atoms with Crippen molar-refractivity contribution < 1.29 is 23.8 Å². The molecule has 3 rings (SSSR count). The van der Waals surface area contributed by atoms with Crippen LogP contribution in [0.25, 0.3) is 0 Å². The minimum absolute atomic E-state index is 0.0718. The van der Waals surface area contributed by atoms with Crippen LogP contribution in [0.3, 0.4) is 0 Å². The zero-order valence-corrected chi connectivity index (χ0v) is 13.2. The van der Waals surface area contributed by atoms with Gasteiger partial charge in [-0.05, 0) is 34.6 Å². The van der Waals surface area contributed by atoms with Crippen LogP contribution in [0.2, 0.25) is 0 Å². The second kappa shape index (κ2) is 4.35. The average Bonchev–Trinajstić information content (AvgIpc) is 2.76. The van der Waals surface area contributed by atoms with Crippen LogP contribution in [0, 0.1) is 17.8 Å². The van der Waals surface area contributed by atoms with Gasteiger partial charge in [0, 0.05) is 11.8 Å². The molecule has 3 aliphatic rings. The third-order valence-electron chi connectivity index (χ3n) is 4.47. The molecule has 2 heterocycles. The molecule has 0 aromatic rings. The zero-order valence-electron chi connectivity index (χ0n) is 13.2. The van der Waals surface area contributed by atoms with Gasteiger partial charge in [-0.3, -0.25) is 9.69 Å². The molecule has 0 bridgehead atoms. The van der Waals surface area contributed by atoms with Crippen LogP contribution < -0.4 is 0 Å². The lowest BCUT2D eigenvalue weighted by Gasteiger charge is -2.35. The highest BCUT2D eigenvalue weighted by Crippen LogP contribution is 2.56. The highest BCUT2D eigenvalue weighted by Gasteiger charge is 2.67. The van der Waals surface area contributed by atoms with Crippen molar-refractivity contribution in [2.24, 2.45) is 17.8 Å². The molecule has 21 heavy (non-hydrogen) atoms. The van der Waals surface area contributed by atoms with E-state index in [2.05, 4.69) is 0 Å². The van der Waals surface area contributed by atoms with Crippen molar-refractivity contribution in [3.05, 3.63) is 0 Å². The molecule has 2 saturated heterocycles. The van der Waals surface area contributed by atoms with Gasteiger partial charge in [0.25, 0.3) is 0 Å². The predicted molar refractivity (Wildman–Crippen MR) is 73.3 cm³/mol. The minimum atomic E-state index is -0.714. The van der Waals surface area contributed by atoms with E-state index in [1.165, 1.54) is 0 Å². The lowest BCUT2D eigenvalue weighted by Crippen LogP contribution is -2.51. The molecular formula is C15H23NO5. The Balaban J connectivity index is 1.78. The number of hydrogen-bond donors (Lipinski definition) is 0.